The van der Waals surface area contributed by atoms with E-state index < -0.39 is 15.9 Å². The van der Waals surface area contributed by atoms with Gasteiger partial charge in [-0.1, -0.05) is 20.8 Å². The lowest BCUT2D eigenvalue weighted by molar-refractivity contribution is 0.190. The monoisotopic (exact) mass is 237 g/mol. The van der Waals surface area contributed by atoms with Gasteiger partial charge < -0.3 is 10.4 Å². The largest absolute Gasteiger partial charge is 0.391 e. The summed E-state index contributed by atoms with van der Waals surface area (Å²) in [5, 5.41) is 12.2. The van der Waals surface area contributed by atoms with Crippen molar-refractivity contribution in [2.24, 2.45) is 0 Å². The summed E-state index contributed by atoms with van der Waals surface area (Å²) < 4.78 is 23.3. The van der Waals surface area contributed by atoms with E-state index in [2.05, 4.69) is 5.32 Å². The molecule has 0 heterocycles. The van der Waals surface area contributed by atoms with Crippen molar-refractivity contribution in [2.75, 3.05) is 12.3 Å². The zero-order chi connectivity index (χ0) is 12.1. The lowest BCUT2D eigenvalue weighted by Crippen LogP contribution is -2.37. The SMILES string of the molecule is CCC(C)S(=O)(=O)CC(O)CNC(C)C. The average molecular weight is 237 g/mol. The number of rotatable bonds is 7. The summed E-state index contributed by atoms with van der Waals surface area (Å²) in [4.78, 5) is 0. The molecule has 0 aromatic carbocycles. The van der Waals surface area contributed by atoms with E-state index >= 15 is 0 Å². The summed E-state index contributed by atoms with van der Waals surface area (Å²) in [6.07, 6.45) is -0.224. The number of hydrogen-bond donors (Lipinski definition) is 2. The molecule has 2 N–H and O–H groups in total. The van der Waals surface area contributed by atoms with Crippen LogP contribution in [0.4, 0.5) is 0 Å². The molecule has 2 unspecified atom stereocenters. The van der Waals surface area contributed by atoms with Crippen molar-refractivity contribution in [3.05, 3.63) is 0 Å². The molecule has 0 bridgehead atoms. The maximum atomic E-state index is 11.6. The van der Waals surface area contributed by atoms with Crippen molar-refractivity contribution >= 4 is 9.84 Å². The maximum Gasteiger partial charge on any atom is 0.155 e. The fourth-order valence-electron chi connectivity index (χ4n) is 1.12. The molecule has 2 atom stereocenters. The van der Waals surface area contributed by atoms with E-state index in [-0.39, 0.29) is 17.0 Å². The standard InChI is InChI=1S/C10H23NO3S/c1-5-9(4)15(13,14)7-10(12)6-11-8(2)3/h8-12H,5-7H2,1-4H3. The molecule has 0 rings (SSSR count). The molecule has 0 aliphatic carbocycles. The molecular weight excluding hydrogens is 214 g/mol. The van der Waals surface area contributed by atoms with Gasteiger partial charge in [-0.05, 0) is 13.3 Å². The van der Waals surface area contributed by atoms with Crippen molar-refractivity contribution in [3.8, 4) is 0 Å². The lowest BCUT2D eigenvalue weighted by Gasteiger charge is -2.16. The fraction of sp³-hybridized carbons (Fsp3) is 1.00. The minimum Gasteiger partial charge on any atom is -0.391 e. The van der Waals surface area contributed by atoms with Crippen molar-refractivity contribution in [3.63, 3.8) is 0 Å². The molecule has 0 saturated carbocycles. The van der Waals surface area contributed by atoms with Crippen LogP contribution in [0.5, 0.6) is 0 Å². The molecule has 0 fully saturated rings. The Morgan fingerprint density at radius 3 is 2.20 bits per heavy atom. The van der Waals surface area contributed by atoms with Crippen LogP contribution in [0.1, 0.15) is 34.1 Å². The zero-order valence-electron chi connectivity index (χ0n) is 10.0. The molecule has 92 valence electrons. The van der Waals surface area contributed by atoms with E-state index in [1.807, 2.05) is 20.8 Å². The van der Waals surface area contributed by atoms with Gasteiger partial charge in [0.15, 0.2) is 9.84 Å². The van der Waals surface area contributed by atoms with E-state index in [4.69, 9.17) is 0 Å². The van der Waals surface area contributed by atoms with E-state index in [9.17, 15) is 13.5 Å². The minimum absolute atomic E-state index is 0.151. The highest BCUT2D eigenvalue weighted by Gasteiger charge is 2.22. The van der Waals surface area contributed by atoms with Gasteiger partial charge in [0.05, 0.1) is 17.1 Å². The smallest absolute Gasteiger partial charge is 0.155 e. The lowest BCUT2D eigenvalue weighted by atomic mass is 10.3. The Bertz CT molecular complexity index is 262. The van der Waals surface area contributed by atoms with Crippen molar-refractivity contribution in [1.82, 2.24) is 5.32 Å². The minimum atomic E-state index is -3.15. The van der Waals surface area contributed by atoms with Crippen LogP contribution in [-0.2, 0) is 9.84 Å². The molecular formula is C10H23NO3S. The van der Waals surface area contributed by atoms with Crippen LogP contribution >= 0.6 is 0 Å². The van der Waals surface area contributed by atoms with Crippen molar-refractivity contribution < 1.29 is 13.5 Å². The Morgan fingerprint density at radius 1 is 1.27 bits per heavy atom. The molecule has 0 radical (unpaired) electrons. The highest BCUT2D eigenvalue weighted by molar-refractivity contribution is 7.92. The second-order valence-electron chi connectivity index (χ2n) is 4.27. The van der Waals surface area contributed by atoms with E-state index in [0.29, 0.717) is 13.0 Å². The Hall–Kier alpha value is -0.130. The first-order valence-corrected chi connectivity index (χ1v) is 7.14. The molecule has 0 amide bonds. The first kappa shape index (κ1) is 14.9. The number of aliphatic hydroxyl groups is 1. The molecule has 15 heavy (non-hydrogen) atoms. The van der Waals surface area contributed by atoms with Crippen molar-refractivity contribution in [1.29, 1.82) is 0 Å². The Morgan fingerprint density at radius 2 is 1.80 bits per heavy atom. The van der Waals surface area contributed by atoms with Gasteiger partial charge in [-0.25, -0.2) is 8.42 Å². The van der Waals surface area contributed by atoms with Crippen LogP contribution < -0.4 is 5.32 Å². The summed E-state index contributed by atoms with van der Waals surface area (Å²) in [6, 6.07) is 0.256. The van der Waals surface area contributed by atoms with E-state index in [1.54, 1.807) is 6.92 Å². The van der Waals surface area contributed by atoms with Gasteiger partial charge in [-0.3, -0.25) is 0 Å². The fourth-order valence-corrected chi connectivity index (χ4v) is 2.61. The zero-order valence-corrected chi connectivity index (χ0v) is 10.8. The van der Waals surface area contributed by atoms with Gasteiger partial charge in [-0.15, -0.1) is 0 Å². The van der Waals surface area contributed by atoms with Gasteiger partial charge in [0.1, 0.15) is 0 Å². The van der Waals surface area contributed by atoms with E-state index in [0.717, 1.165) is 0 Å². The number of nitrogens with one attached hydrogen (secondary N) is 1. The van der Waals surface area contributed by atoms with Gasteiger partial charge in [-0.2, -0.15) is 0 Å². The predicted molar refractivity (Wildman–Crippen MR) is 62.7 cm³/mol. The molecule has 5 heteroatoms. The third kappa shape index (κ3) is 6.12. The van der Waals surface area contributed by atoms with Crippen LogP contribution in [0.3, 0.4) is 0 Å². The molecule has 0 saturated heterocycles. The Balaban J connectivity index is 4.11. The molecule has 0 spiro atoms. The molecule has 0 aliphatic heterocycles. The van der Waals surface area contributed by atoms with E-state index in [1.165, 1.54) is 0 Å². The van der Waals surface area contributed by atoms with Gasteiger partial charge in [0.2, 0.25) is 0 Å². The highest BCUT2D eigenvalue weighted by Crippen LogP contribution is 2.07. The summed E-state index contributed by atoms with van der Waals surface area (Å²) in [6.45, 7) is 7.75. The second-order valence-corrected chi connectivity index (χ2v) is 6.73. The van der Waals surface area contributed by atoms with Gasteiger partial charge >= 0.3 is 0 Å². The van der Waals surface area contributed by atoms with Crippen LogP contribution in [0.15, 0.2) is 0 Å². The third-order valence-electron chi connectivity index (χ3n) is 2.37. The maximum absolute atomic E-state index is 11.6. The van der Waals surface area contributed by atoms with Crippen LogP contribution in [0.25, 0.3) is 0 Å². The van der Waals surface area contributed by atoms with Gasteiger partial charge in [0, 0.05) is 12.6 Å². The number of sulfone groups is 1. The topological polar surface area (TPSA) is 66.4 Å². The summed E-state index contributed by atoms with van der Waals surface area (Å²) in [5.74, 6) is -0.151. The molecule has 0 aliphatic rings. The number of aliphatic hydroxyl groups excluding tert-OH is 1. The predicted octanol–water partition coefficient (Wildman–Crippen LogP) is 0.559. The van der Waals surface area contributed by atoms with Crippen LogP contribution in [0.2, 0.25) is 0 Å². The molecule has 0 aromatic rings. The second kappa shape index (κ2) is 6.45. The van der Waals surface area contributed by atoms with Crippen LogP contribution in [-0.4, -0.2) is 43.2 Å². The molecule has 4 nitrogen and oxygen atoms in total. The van der Waals surface area contributed by atoms with Crippen molar-refractivity contribution in [2.45, 2.75) is 51.5 Å². The quantitative estimate of drug-likeness (QED) is 0.679. The third-order valence-corrected chi connectivity index (χ3v) is 4.78. The normalized spacial score (nSPS) is 16.7. The Labute approximate surface area is 93.0 Å². The summed E-state index contributed by atoms with van der Waals surface area (Å²) in [5.41, 5.74) is 0. The average Bonchev–Trinajstić information content (AvgIpc) is 2.12. The first-order chi connectivity index (χ1) is 6.79. The number of hydrogen-bond acceptors (Lipinski definition) is 4. The summed E-state index contributed by atoms with van der Waals surface area (Å²) >= 11 is 0. The molecule has 0 aromatic heterocycles. The van der Waals surface area contributed by atoms with Crippen LogP contribution in [0, 0.1) is 0 Å². The highest BCUT2D eigenvalue weighted by atomic mass is 32.2. The first-order valence-electron chi connectivity index (χ1n) is 5.42. The Kier molecular flexibility index (Phi) is 6.40. The summed E-state index contributed by atoms with van der Waals surface area (Å²) in [7, 11) is -3.15. The van der Waals surface area contributed by atoms with Gasteiger partial charge in [0.25, 0.3) is 0 Å².